The molecule has 0 saturated carbocycles. The molecule has 0 amide bonds. The van der Waals surface area contributed by atoms with E-state index >= 15 is 0 Å². The molecule has 3 aliphatic rings. The summed E-state index contributed by atoms with van der Waals surface area (Å²) in [6.07, 6.45) is -35.0. The molecule has 3 rings (SSSR count). The molecule has 3 fully saturated rings. The Hall–Kier alpha value is 0.180. The molecule has 19 atom stereocenters. The van der Waals surface area contributed by atoms with Gasteiger partial charge < -0.3 is 116 Å². The number of carbonyl (C=O) groups excluding carboxylic acids is 2. The number of carbonyl (C=O) groups is 2. The third-order valence-corrected chi connectivity index (χ3v) is 7.90. The molecule has 25 heteroatoms. The van der Waals surface area contributed by atoms with Crippen molar-refractivity contribution in [3.63, 3.8) is 0 Å². The van der Waals surface area contributed by atoms with E-state index in [9.17, 15) is 70.9 Å². The van der Waals surface area contributed by atoms with Crippen LogP contribution in [0.2, 0.25) is 0 Å². The van der Waals surface area contributed by atoms with Crippen LogP contribution in [-0.2, 0) is 38.0 Å². The van der Waals surface area contributed by atoms with Crippen molar-refractivity contribution in [1.29, 1.82) is 0 Å². The van der Waals surface area contributed by atoms with Gasteiger partial charge in [-0.2, -0.15) is 0 Å². The standard InChI is InChI=1S/C24H42N2O21.2Na/c25-4(1-27)15(8(31)5(30)2-28)43-24-14(37)12(35)17(19(47-24)21(40)41)45-22-7(26)16(9(32)6(3-29)42-22)44-23-13(36)10(33)11(34)18(46-23)20(38)39;;/h4-19,22-24,27-37H,1-3,25-26H2,(H,38,39)(H,40,41);;/q;2*+1/p-2/t4?,5?,6?,7?,8-,9-,10+,11+,12-,13?,14?,15-,16-,17+,18?,19?,22+,23-,24-;;/m1../s1. The van der Waals surface area contributed by atoms with Crippen molar-refractivity contribution >= 4 is 11.9 Å². The van der Waals surface area contributed by atoms with Gasteiger partial charge in [0.05, 0.1) is 43.8 Å². The second-order valence-electron chi connectivity index (χ2n) is 11.1. The average Bonchev–Trinajstić information content (AvgIpc) is 3.04. The maximum Gasteiger partial charge on any atom is 1.00 e. The van der Waals surface area contributed by atoms with Gasteiger partial charge in [-0.15, -0.1) is 0 Å². The van der Waals surface area contributed by atoms with Crippen molar-refractivity contribution in [2.45, 2.75) is 116 Å². The van der Waals surface area contributed by atoms with Gasteiger partial charge >= 0.3 is 59.1 Å². The minimum absolute atomic E-state index is 0. The van der Waals surface area contributed by atoms with E-state index < -0.39 is 148 Å². The second kappa shape index (κ2) is 20.6. The maximum absolute atomic E-state index is 12.1. The minimum atomic E-state index is -2.34. The number of carboxylic acid groups (broad SMARTS) is 2. The predicted octanol–water partition coefficient (Wildman–Crippen LogP) is -18.7. The first-order valence-electron chi connectivity index (χ1n) is 14.1. The first kappa shape index (κ1) is 47.2. The fourth-order valence-electron chi connectivity index (χ4n) is 5.16. The van der Waals surface area contributed by atoms with E-state index in [1.54, 1.807) is 0 Å². The third kappa shape index (κ3) is 10.7. The molecule has 23 nitrogen and oxygen atoms in total. The normalized spacial score (nSPS) is 42.1. The first-order chi connectivity index (χ1) is 22.0. The van der Waals surface area contributed by atoms with Crippen molar-refractivity contribution in [2.24, 2.45) is 11.5 Å². The van der Waals surface area contributed by atoms with Crippen LogP contribution in [0.15, 0.2) is 0 Å². The number of ether oxygens (including phenoxy) is 6. The molecule has 0 spiro atoms. The van der Waals surface area contributed by atoms with E-state index in [4.69, 9.17) is 45.0 Å². The zero-order valence-corrected chi connectivity index (χ0v) is 30.2. The molecule has 49 heavy (non-hydrogen) atoms. The van der Waals surface area contributed by atoms with Crippen LogP contribution in [0.1, 0.15) is 0 Å². The van der Waals surface area contributed by atoms with Gasteiger partial charge in [-0.3, -0.25) is 0 Å². The number of carboxylic acids is 2. The van der Waals surface area contributed by atoms with Crippen LogP contribution >= 0.6 is 0 Å². The molecular formula is C24H40N2Na2O21. The molecule has 0 radical (unpaired) electrons. The van der Waals surface area contributed by atoms with Crippen LogP contribution in [0.25, 0.3) is 0 Å². The summed E-state index contributed by atoms with van der Waals surface area (Å²) in [5.74, 6) is -4.09. The van der Waals surface area contributed by atoms with E-state index in [1.807, 2.05) is 0 Å². The quantitative estimate of drug-likeness (QED) is 0.0736. The van der Waals surface area contributed by atoms with Crippen LogP contribution in [0.3, 0.4) is 0 Å². The van der Waals surface area contributed by atoms with Crippen molar-refractivity contribution in [1.82, 2.24) is 0 Å². The van der Waals surface area contributed by atoms with E-state index in [1.165, 1.54) is 0 Å². The number of aliphatic carboxylic acids is 2. The Morgan fingerprint density at radius 3 is 1.73 bits per heavy atom. The number of hydrogen-bond acceptors (Lipinski definition) is 23. The monoisotopic (exact) mass is 738 g/mol. The van der Waals surface area contributed by atoms with Gasteiger partial charge in [0.15, 0.2) is 18.9 Å². The fraction of sp³-hybridized carbons (Fsp3) is 0.917. The largest absolute Gasteiger partial charge is 1.00 e. The van der Waals surface area contributed by atoms with Gasteiger partial charge in [-0.25, -0.2) is 0 Å². The van der Waals surface area contributed by atoms with Crippen molar-refractivity contribution in [3.05, 3.63) is 0 Å². The average molecular weight is 739 g/mol. The summed E-state index contributed by atoms with van der Waals surface area (Å²) in [7, 11) is 0. The summed E-state index contributed by atoms with van der Waals surface area (Å²) in [6.45, 7) is -2.87. The third-order valence-electron chi connectivity index (χ3n) is 7.90. The van der Waals surface area contributed by atoms with E-state index in [0.29, 0.717) is 0 Å². The molecular weight excluding hydrogens is 698 g/mol. The summed E-state index contributed by atoms with van der Waals surface area (Å²) in [4.78, 5) is 23.4. The van der Waals surface area contributed by atoms with Gasteiger partial charge in [0.2, 0.25) is 0 Å². The van der Waals surface area contributed by atoms with E-state index in [2.05, 4.69) is 0 Å². The number of rotatable bonds is 14. The van der Waals surface area contributed by atoms with Crippen LogP contribution in [-0.4, -0.2) is 204 Å². The molecule has 3 saturated heterocycles. The summed E-state index contributed by atoms with van der Waals surface area (Å²) in [6, 6.07) is -3.27. The van der Waals surface area contributed by atoms with Crippen LogP contribution in [0, 0.1) is 0 Å². The SMILES string of the molecule is NC(CO)[C@@H](O[C@@H]1OC(C(=O)[O-])[C@@H](O[C@@H]2OC(CO)[C@@H](O)[C@H](O[C@@H]3OC(C(=O)[O-])[C@@H](O)[C@H](O)C3O)C2N)[C@H](O)C1O)[C@H](O)C(O)CO.[Na+].[Na+]. The summed E-state index contributed by atoms with van der Waals surface area (Å²) in [5, 5.41) is 134. The van der Waals surface area contributed by atoms with Crippen molar-refractivity contribution in [2.75, 3.05) is 19.8 Å². The number of aliphatic hydroxyl groups excluding tert-OH is 11. The zero-order valence-electron chi connectivity index (χ0n) is 26.2. The number of nitrogens with two attached hydrogens (primary N) is 2. The summed E-state index contributed by atoms with van der Waals surface area (Å²) >= 11 is 0. The Morgan fingerprint density at radius 2 is 1.22 bits per heavy atom. The molecule has 3 aliphatic heterocycles. The molecule has 0 aromatic heterocycles. The Bertz CT molecular complexity index is 1040. The summed E-state index contributed by atoms with van der Waals surface area (Å²) < 4.78 is 31.8. The Labute approximate surface area is 321 Å². The van der Waals surface area contributed by atoms with Crippen molar-refractivity contribution < 1.29 is 164 Å². The molecule has 3 heterocycles. The smallest absolute Gasteiger partial charge is 0.547 e. The number of hydrogen-bond donors (Lipinski definition) is 13. The summed E-state index contributed by atoms with van der Waals surface area (Å²) in [5.41, 5.74) is 11.8. The molecule has 0 aromatic carbocycles. The fourth-order valence-corrected chi connectivity index (χ4v) is 5.16. The predicted molar refractivity (Wildman–Crippen MR) is 136 cm³/mol. The zero-order chi connectivity index (χ0) is 35.5. The maximum atomic E-state index is 12.1. The second-order valence-corrected chi connectivity index (χ2v) is 11.1. The molecule has 0 bridgehead atoms. The van der Waals surface area contributed by atoms with Gasteiger partial charge in [0.25, 0.3) is 0 Å². The topological polar surface area (TPSA) is 410 Å². The van der Waals surface area contributed by atoms with Gasteiger partial charge in [0, 0.05) is 0 Å². The van der Waals surface area contributed by atoms with Crippen LogP contribution < -0.4 is 80.8 Å². The Morgan fingerprint density at radius 1 is 0.694 bits per heavy atom. The van der Waals surface area contributed by atoms with E-state index in [0.717, 1.165) is 0 Å². The van der Waals surface area contributed by atoms with Gasteiger partial charge in [-0.05, 0) is 0 Å². The Balaban J connectivity index is 0.00000600. The Kier molecular flexibility index (Phi) is 19.8. The van der Waals surface area contributed by atoms with Crippen LogP contribution in [0.5, 0.6) is 0 Å². The van der Waals surface area contributed by atoms with Gasteiger partial charge in [-0.1, -0.05) is 0 Å². The number of aliphatic hydroxyl groups is 11. The molecule has 15 N–H and O–H groups in total. The van der Waals surface area contributed by atoms with Crippen molar-refractivity contribution in [3.8, 4) is 0 Å². The van der Waals surface area contributed by atoms with Gasteiger partial charge in [0.1, 0.15) is 85.5 Å². The molecule has 0 aliphatic carbocycles. The molecule has 274 valence electrons. The first-order valence-corrected chi connectivity index (χ1v) is 14.1. The van der Waals surface area contributed by atoms with E-state index in [-0.39, 0.29) is 59.1 Å². The molecule has 8 unspecified atom stereocenters. The van der Waals surface area contributed by atoms with Crippen LogP contribution in [0.4, 0.5) is 0 Å². The molecule has 0 aromatic rings. The minimum Gasteiger partial charge on any atom is -0.547 e.